The summed E-state index contributed by atoms with van der Waals surface area (Å²) in [4.78, 5) is 2.49. The van der Waals surface area contributed by atoms with Crippen molar-refractivity contribution in [3.8, 4) is 5.75 Å². The molecule has 1 aromatic heterocycles. The van der Waals surface area contributed by atoms with Crippen LogP contribution in [-0.4, -0.2) is 43.9 Å². The Morgan fingerprint density at radius 1 is 1.03 bits per heavy atom. The molecule has 1 aliphatic rings. The van der Waals surface area contributed by atoms with Crippen LogP contribution >= 0.6 is 0 Å². The molecule has 1 aliphatic heterocycles. The van der Waals surface area contributed by atoms with Crippen LogP contribution in [0.2, 0.25) is 0 Å². The van der Waals surface area contributed by atoms with Crippen LogP contribution in [0.1, 0.15) is 36.3 Å². The summed E-state index contributed by atoms with van der Waals surface area (Å²) in [5.41, 5.74) is 4.84. The molecule has 0 saturated carbocycles. The van der Waals surface area contributed by atoms with Gasteiger partial charge < -0.3 is 13.9 Å². The monoisotopic (exact) mass is 393 g/mol. The molecule has 4 nitrogen and oxygen atoms in total. The SMILES string of the molecule is Cc1ccc2oc(Cc3ccc(OC(C)C)cc3)c(CCN3CCOCC3)c2c1. The molecule has 0 N–H and O–H groups in total. The van der Waals surface area contributed by atoms with Crippen molar-refractivity contribution in [3.63, 3.8) is 0 Å². The number of furan rings is 1. The zero-order valence-corrected chi connectivity index (χ0v) is 17.7. The van der Waals surface area contributed by atoms with E-state index in [-0.39, 0.29) is 6.10 Å². The summed E-state index contributed by atoms with van der Waals surface area (Å²) in [5, 5.41) is 1.26. The van der Waals surface area contributed by atoms with Gasteiger partial charge in [0.2, 0.25) is 0 Å². The van der Waals surface area contributed by atoms with E-state index in [1.807, 2.05) is 13.8 Å². The zero-order valence-electron chi connectivity index (χ0n) is 17.7. The van der Waals surface area contributed by atoms with E-state index < -0.39 is 0 Å². The molecule has 0 bridgehead atoms. The number of rotatable bonds is 7. The first-order valence-corrected chi connectivity index (χ1v) is 10.6. The summed E-state index contributed by atoms with van der Waals surface area (Å²) < 4.78 is 17.6. The summed E-state index contributed by atoms with van der Waals surface area (Å²) in [6.45, 7) is 11.0. The van der Waals surface area contributed by atoms with Gasteiger partial charge in [-0.3, -0.25) is 4.90 Å². The molecule has 4 heteroatoms. The van der Waals surface area contributed by atoms with Crippen LogP contribution in [0.4, 0.5) is 0 Å². The molecular formula is C25H31NO3. The van der Waals surface area contributed by atoms with Crippen LogP contribution < -0.4 is 4.74 Å². The van der Waals surface area contributed by atoms with Gasteiger partial charge in [-0.15, -0.1) is 0 Å². The molecule has 2 heterocycles. The molecule has 154 valence electrons. The van der Waals surface area contributed by atoms with Crippen molar-refractivity contribution < 1.29 is 13.9 Å². The predicted molar refractivity (Wildman–Crippen MR) is 117 cm³/mol. The Morgan fingerprint density at radius 2 is 1.79 bits per heavy atom. The lowest BCUT2D eigenvalue weighted by Crippen LogP contribution is -2.37. The molecule has 3 aromatic rings. The topological polar surface area (TPSA) is 34.8 Å². The molecule has 0 atom stereocenters. The van der Waals surface area contributed by atoms with E-state index in [1.54, 1.807) is 0 Å². The fourth-order valence-electron chi connectivity index (χ4n) is 3.97. The van der Waals surface area contributed by atoms with Gasteiger partial charge in [0, 0.05) is 37.0 Å². The van der Waals surface area contributed by atoms with Crippen molar-refractivity contribution in [2.24, 2.45) is 0 Å². The van der Waals surface area contributed by atoms with Gasteiger partial charge in [0.1, 0.15) is 17.1 Å². The lowest BCUT2D eigenvalue weighted by atomic mass is 10.0. The Morgan fingerprint density at radius 3 is 2.52 bits per heavy atom. The van der Waals surface area contributed by atoms with Crippen LogP contribution in [-0.2, 0) is 17.6 Å². The van der Waals surface area contributed by atoms with E-state index >= 15 is 0 Å². The third-order valence-corrected chi connectivity index (χ3v) is 5.47. The number of morpholine rings is 1. The Labute approximate surface area is 173 Å². The number of hydrogen-bond acceptors (Lipinski definition) is 4. The maximum absolute atomic E-state index is 6.32. The number of fused-ring (bicyclic) bond motifs is 1. The normalized spacial score (nSPS) is 15.3. The highest BCUT2D eigenvalue weighted by Crippen LogP contribution is 2.30. The average Bonchev–Trinajstić information content (AvgIpc) is 3.04. The molecule has 2 aromatic carbocycles. The second kappa shape index (κ2) is 9.02. The Hall–Kier alpha value is -2.30. The van der Waals surface area contributed by atoms with Gasteiger partial charge in [0.05, 0.1) is 19.3 Å². The van der Waals surface area contributed by atoms with Crippen molar-refractivity contribution in [1.29, 1.82) is 0 Å². The highest BCUT2D eigenvalue weighted by Gasteiger charge is 2.17. The highest BCUT2D eigenvalue weighted by molar-refractivity contribution is 5.83. The first-order valence-electron chi connectivity index (χ1n) is 10.6. The molecule has 0 unspecified atom stereocenters. The molecule has 1 saturated heterocycles. The fraction of sp³-hybridized carbons (Fsp3) is 0.440. The molecule has 29 heavy (non-hydrogen) atoms. The molecule has 0 spiro atoms. The van der Waals surface area contributed by atoms with Gasteiger partial charge in [0.25, 0.3) is 0 Å². The lowest BCUT2D eigenvalue weighted by molar-refractivity contribution is 0.0384. The quantitative estimate of drug-likeness (QED) is 0.566. The predicted octanol–water partition coefficient (Wildman–Crippen LogP) is 4.99. The van der Waals surface area contributed by atoms with Gasteiger partial charge in [-0.25, -0.2) is 0 Å². The van der Waals surface area contributed by atoms with Gasteiger partial charge >= 0.3 is 0 Å². The van der Waals surface area contributed by atoms with Crippen LogP contribution in [0.5, 0.6) is 5.75 Å². The van der Waals surface area contributed by atoms with Crippen molar-refractivity contribution in [3.05, 3.63) is 64.9 Å². The van der Waals surface area contributed by atoms with Crippen molar-refractivity contribution in [2.45, 2.75) is 39.7 Å². The minimum Gasteiger partial charge on any atom is -0.491 e. The van der Waals surface area contributed by atoms with Crippen LogP contribution in [0.3, 0.4) is 0 Å². The van der Waals surface area contributed by atoms with Crippen molar-refractivity contribution in [1.82, 2.24) is 4.90 Å². The highest BCUT2D eigenvalue weighted by atomic mass is 16.5. The van der Waals surface area contributed by atoms with Crippen molar-refractivity contribution in [2.75, 3.05) is 32.8 Å². The van der Waals surface area contributed by atoms with Crippen LogP contribution in [0.15, 0.2) is 46.9 Å². The van der Waals surface area contributed by atoms with E-state index in [0.717, 1.165) is 62.8 Å². The molecule has 0 radical (unpaired) electrons. The van der Waals surface area contributed by atoms with Gasteiger partial charge in [-0.05, 0) is 57.0 Å². The third kappa shape index (κ3) is 5.01. The van der Waals surface area contributed by atoms with Gasteiger partial charge in [-0.1, -0.05) is 23.8 Å². The Balaban J connectivity index is 1.57. The Kier molecular flexibility index (Phi) is 6.22. The summed E-state index contributed by atoms with van der Waals surface area (Å²) in [7, 11) is 0. The first-order chi connectivity index (χ1) is 14.1. The second-order valence-corrected chi connectivity index (χ2v) is 8.19. The van der Waals surface area contributed by atoms with Crippen LogP contribution in [0, 0.1) is 6.92 Å². The largest absolute Gasteiger partial charge is 0.491 e. The molecule has 1 fully saturated rings. The average molecular weight is 394 g/mol. The molecule has 4 rings (SSSR count). The number of benzene rings is 2. The Bertz CT molecular complexity index is 937. The van der Waals surface area contributed by atoms with E-state index in [4.69, 9.17) is 13.9 Å². The second-order valence-electron chi connectivity index (χ2n) is 8.19. The summed E-state index contributed by atoms with van der Waals surface area (Å²) in [6.07, 6.45) is 1.99. The van der Waals surface area contributed by atoms with Gasteiger partial charge in [0.15, 0.2) is 0 Å². The summed E-state index contributed by atoms with van der Waals surface area (Å²) >= 11 is 0. The number of nitrogens with zero attached hydrogens (tertiary/aromatic N) is 1. The maximum Gasteiger partial charge on any atom is 0.134 e. The van der Waals surface area contributed by atoms with E-state index in [2.05, 4.69) is 54.3 Å². The molecule has 0 aliphatic carbocycles. The summed E-state index contributed by atoms with van der Waals surface area (Å²) in [5.74, 6) is 1.99. The van der Waals surface area contributed by atoms with E-state index in [1.165, 1.54) is 22.1 Å². The smallest absolute Gasteiger partial charge is 0.134 e. The fourth-order valence-corrected chi connectivity index (χ4v) is 3.97. The first kappa shape index (κ1) is 20.0. The number of aryl methyl sites for hydroxylation is 1. The van der Waals surface area contributed by atoms with E-state index in [0.29, 0.717) is 0 Å². The minimum atomic E-state index is 0.186. The zero-order chi connectivity index (χ0) is 20.2. The third-order valence-electron chi connectivity index (χ3n) is 5.47. The number of ether oxygens (including phenoxy) is 2. The van der Waals surface area contributed by atoms with Crippen molar-refractivity contribution >= 4 is 11.0 Å². The van der Waals surface area contributed by atoms with E-state index in [9.17, 15) is 0 Å². The molecular weight excluding hydrogens is 362 g/mol. The maximum atomic E-state index is 6.32. The lowest BCUT2D eigenvalue weighted by Gasteiger charge is -2.26. The minimum absolute atomic E-state index is 0.186. The van der Waals surface area contributed by atoms with Crippen LogP contribution in [0.25, 0.3) is 11.0 Å². The molecule has 0 amide bonds. The summed E-state index contributed by atoms with van der Waals surface area (Å²) in [6, 6.07) is 14.9. The standard InChI is InChI=1S/C25H31NO3/c1-18(2)28-21-7-5-20(6-8-21)17-25-22(10-11-26-12-14-27-15-13-26)23-16-19(3)4-9-24(23)29-25/h4-9,16,18H,10-15,17H2,1-3H3. The number of hydrogen-bond donors (Lipinski definition) is 0. The van der Waals surface area contributed by atoms with Gasteiger partial charge in [-0.2, -0.15) is 0 Å².